The molecule has 3 N–H and O–H groups in total. The number of nitrogens with zero attached hydrogens (tertiary/aromatic N) is 1. The number of hydrogen-bond donors (Lipinski definition) is 2. The number of thioether (sulfide) groups is 1. The minimum Gasteiger partial charge on any atom is -0.352 e. The summed E-state index contributed by atoms with van der Waals surface area (Å²) in [6.07, 6.45) is 1.63. The van der Waals surface area contributed by atoms with Crippen molar-refractivity contribution in [2.24, 2.45) is 11.1 Å². The molecule has 0 radical (unpaired) electrons. The van der Waals surface area contributed by atoms with Crippen LogP contribution in [0.25, 0.3) is 0 Å². The third-order valence-electron chi connectivity index (χ3n) is 4.11. The van der Waals surface area contributed by atoms with Gasteiger partial charge in [-0.05, 0) is 12.8 Å². The maximum atomic E-state index is 12.4. The van der Waals surface area contributed by atoms with Crippen LogP contribution in [0.4, 0.5) is 0 Å². The van der Waals surface area contributed by atoms with Gasteiger partial charge in [0, 0.05) is 23.3 Å². The van der Waals surface area contributed by atoms with Crippen LogP contribution in [-0.4, -0.2) is 46.5 Å². The van der Waals surface area contributed by atoms with Gasteiger partial charge in [-0.3, -0.25) is 9.59 Å². The molecule has 1 heterocycles. The number of rotatable bonds is 5. The van der Waals surface area contributed by atoms with Gasteiger partial charge in [-0.1, -0.05) is 34.6 Å². The Labute approximate surface area is 144 Å². The van der Waals surface area contributed by atoms with E-state index in [2.05, 4.69) is 5.32 Å². The SMILES string of the molecule is CCC(N)(CC)CNC(=O)C1CSCN1C(=O)C(C)(C)C.Cl. The van der Waals surface area contributed by atoms with Crippen LogP contribution >= 0.6 is 24.2 Å². The Balaban J connectivity index is 0.00000441. The average molecular weight is 352 g/mol. The Bertz CT molecular complexity index is 395. The van der Waals surface area contributed by atoms with Gasteiger partial charge in [-0.25, -0.2) is 0 Å². The minimum atomic E-state index is -0.464. The van der Waals surface area contributed by atoms with Crippen molar-refractivity contribution in [1.82, 2.24) is 10.2 Å². The zero-order valence-electron chi connectivity index (χ0n) is 14.3. The van der Waals surface area contributed by atoms with E-state index in [1.165, 1.54) is 0 Å². The van der Waals surface area contributed by atoms with Gasteiger partial charge in [0.25, 0.3) is 0 Å². The van der Waals surface area contributed by atoms with Gasteiger partial charge in [0.1, 0.15) is 6.04 Å². The van der Waals surface area contributed by atoms with Gasteiger partial charge in [-0.15, -0.1) is 24.2 Å². The third kappa shape index (κ3) is 5.32. The summed E-state index contributed by atoms with van der Waals surface area (Å²) in [7, 11) is 0. The summed E-state index contributed by atoms with van der Waals surface area (Å²) in [5, 5.41) is 2.93. The Morgan fingerprint density at radius 2 is 1.82 bits per heavy atom. The van der Waals surface area contributed by atoms with E-state index in [1.54, 1.807) is 16.7 Å². The van der Waals surface area contributed by atoms with Gasteiger partial charge < -0.3 is 16.0 Å². The Hall–Kier alpha value is -0.460. The van der Waals surface area contributed by atoms with E-state index >= 15 is 0 Å². The van der Waals surface area contributed by atoms with Crippen LogP contribution in [0.15, 0.2) is 0 Å². The number of hydrogen-bond acceptors (Lipinski definition) is 4. The lowest BCUT2D eigenvalue weighted by Crippen LogP contribution is -2.55. The van der Waals surface area contributed by atoms with Crippen molar-refractivity contribution in [1.29, 1.82) is 0 Å². The lowest BCUT2D eigenvalue weighted by atomic mass is 9.93. The molecular formula is C15H30ClN3O2S. The zero-order valence-corrected chi connectivity index (χ0v) is 15.9. The molecule has 1 unspecified atom stereocenters. The normalized spacial score (nSPS) is 18.8. The first-order valence-electron chi connectivity index (χ1n) is 7.60. The highest BCUT2D eigenvalue weighted by atomic mass is 35.5. The Morgan fingerprint density at radius 3 is 2.27 bits per heavy atom. The van der Waals surface area contributed by atoms with Crippen LogP contribution in [0.5, 0.6) is 0 Å². The van der Waals surface area contributed by atoms with Crippen LogP contribution in [0.1, 0.15) is 47.5 Å². The lowest BCUT2D eigenvalue weighted by molar-refractivity contribution is -0.144. The fourth-order valence-corrected chi connectivity index (χ4v) is 3.33. The molecule has 130 valence electrons. The summed E-state index contributed by atoms with van der Waals surface area (Å²) in [5.41, 5.74) is 5.38. The fraction of sp³-hybridized carbons (Fsp3) is 0.867. The minimum absolute atomic E-state index is 0. The summed E-state index contributed by atoms with van der Waals surface area (Å²) < 4.78 is 0. The molecule has 0 aromatic heterocycles. The van der Waals surface area contributed by atoms with Crippen molar-refractivity contribution in [3.8, 4) is 0 Å². The maximum absolute atomic E-state index is 12.4. The number of amides is 2. The van der Waals surface area contributed by atoms with Crippen LogP contribution < -0.4 is 11.1 Å². The molecule has 1 atom stereocenters. The number of nitrogens with one attached hydrogen (secondary N) is 1. The summed E-state index contributed by atoms with van der Waals surface area (Å²) in [6, 6.07) is -0.375. The molecule has 22 heavy (non-hydrogen) atoms. The maximum Gasteiger partial charge on any atom is 0.243 e. The first-order valence-corrected chi connectivity index (χ1v) is 8.75. The first kappa shape index (κ1) is 21.5. The van der Waals surface area contributed by atoms with E-state index in [9.17, 15) is 9.59 Å². The number of halogens is 1. The zero-order chi connectivity index (χ0) is 16.3. The quantitative estimate of drug-likeness (QED) is 0.794. The molecule has 5 nitrogen and oxygen atoms in total. The highest BCUT2D eigenvalue weighted by Crippen LogP contribution is 2.27. The molecule has 0 saturated carbocycles. The van der Waals surface area contributed by atoms with E-state index in [0.29, 0.717) is 18.2 Å². The van der Waals surface area contributed by atoms with Crippen LogP contribution in [0.2, 0.25) is 0 Å². The van der Waals surface area contributed by atoms with E-state index in [1.807, 2.05) is 34.6 Å². The molecule has 1 saturated heterocycles. The predicted octanol–water partition coefficient (Wildman–Crippen LogP) is 1.99. The van der Waals surface area contributed by atoms with Gasteiger partial charge >= 0.3 is 0 Å². The number of carbonyl (C=O) groups excluding carboxylic acids is 2. The number of nitrogens with two attached hydrogens (primary N) is 1. The Kier molecular flexibility index (Phi) is 8.23. The lowest BCUT2D eigenvalue weighted by Gasteiger charge is -2.31. The number of carbonyl (C=O) groups is 2. The van der Waals surface area contributed by atoms with Crippen molar-refractivity contribution >= 4 is 36.0 Å². The van der Waals surface area contributed by atoms with E-state index in [4.69, 9.17) is 5.73 Å². The fourth-order valence-electron chi connectivity index (χ4n) is 2.17. The van der Waals surface area contributed by atoms with E-state index in [0.717, 1.165) is 12.8 Å². The van der Waals surface area contributed by atoms with Gasteiger partial charge in [0.15, 0.2) is 0 Å². The molecule has 1 rings (SSSR count). The summed E-state index contributed by atoms with van der Waals surface area (Å²) in [5.74, 6) is 1.18. The van der Waals surface area contributed by atoms with Gasteiger partial charge in [-0.2, -0.15) is 0 Å². The molecule has 0 aliphatic carbocycles. The molecule has 2 amide bonds. The molecular weight excluding hydrogens is 322 g/mol. The molecule has 0 spiro atoms. The topological polar surface area (TPSA) is 75.4 Å². The highest BCUT2D eigenvalue weighted by molar-refractivity contribution is 7.99. The summed E-state index contributed by atoms with van der Waals surface area (Å²) >= 11 is 1.62. The van der Waals surface area contributed by atoms with E-state index in [-0.39, 0.29) is 35.8 Å². The second-order valence-corrected chi connectivity index (χ2v) is 7.83. The predicted molar refractivity (Wildman–Crippen MR) is 95.2 cm³/mol. The second kappa shape index (κ2) is 8.41. The van der Waals surface area contributed by atoms with Crippen molar-refractivity contribution < 1.29 is 9.59 Å². The molecule has 0 bridgehead atoms. The monoisotopic (exact) mass is 351 g/mol. The molecule has 0 aromatic carbocycles. The van der Waals surface area contributed by atoms with Crippen LogP contribution in [-0.2, 0) is 9.59 Å². The summed E-state index contributed by atoms with van der Waals surface area (Å²) in [6.45, 7) is 10.1. The summed E-state index contributed by atoms with van der Waals surface area (Å²) in [4.78, 5) is 26.5. The molecule has 1 aliphatic rings. The Morgan fingerprint density at radius 1 is 1.27 bits per heavy atom. The molecule has 7 heteroatoms. The van der Waals surface area contributed by atoms with Gasteiger partial charge in [0.2, 0.25) is 11.8 Å². The van der Waals surface area contributed by atoms with Crippen molar-refractivity contribution in [3.63, 3.8) is 0 Å². The largest absolute Gasteiger partial charge is 0.352 e. The standard InChI is InChI=1S/C15H29N3O2S.ClH/c1-6-15(16,7-2)9-17-12(19)11-8-21-10-18(11)13(20)14(3,4)5;/h11H,6-10,16H2,1-5H3,(H,17,19);1H. The first-order chi connectivity index (χ1) is 9.64. The van der Waals surface area contributed by atoms with Crippen LogP contribution in [0, 0.1) is 5.41 Å². The molecule has 1 fully saturated rings. The van der Waals surface area contributed by atoms with Crippen molar-refractivity contribution in [3.05, 3.63) is 0 Å². The molecule has 0 aromatic rings. The van der Waals surface area contributed by atoms with E-state index < -0.39 is 5.41 Å². The second-order valence-electron chi connectivity index (χ2n) is 6.83. The third-order valence-corrected chi connectivity index (χ3v) is 5.12. The molecule has 1 aliphatic heterocycles. The van der Waals surface area contributed by atoms with Crippen LogP contribution in [0.3, 0.4) is 0 Å². The highest BCUT2D eigenvalue weighted by Gasteiger charge is 2.39. The average Bonchev–Trinajstić information content (AvgIpc) is 2.91. The smallest absolute Gasteiger partial charge is 0.243 e. The van der Waals surface area contributed by atoms with Crippen molar-refractivity contribution in [2.45, 2.75) is 59.0 Å². The van der Waals surface area contributed by atoms with Crippen molar-refractivity contribution in [2.75, 3.05) is 18.2 Å². The van der Waals surface area contributed by atoms with Gasteiger partial charge in [0.05, 0.1) is 5.88 Å².